The lowest BCUT2D eigenvalue weighted by atomic mass is 9.72. The first kappa shape index (κ1) is 11.3. The summed E-state index contributed by atoms with van der Waals surface area (Å²) in [4.78, 5) is 13.8. The fourth-order valence-corrected chi connectivity index (χ4v) is 3.45. The maximum absolute atomic E-state index is 11.7. The highest BCUT2D eigenvalue weighted by Gasteiger charge is 2.38. The number of hydrogen-bond acceptors (Lipinski definition) is 1. The highest BCUT2D eigenvalue weighted by atomic mass is 35.5. The molecule has 2 fully saturated rings. The van der Waals surface area contributed by atoms with E-state index in [4.69, 9.17) is 11.6 Å². The van der Waals surface area contributed by atoms with Crippen LogP contribution in [0.25, 0.3) is 0 Å². The fourth-order valence-electron chi connectivity index (χ4n) is 3.30. The van der Waals surface area contributed by atoms with Crippen LogP contribution in [-0.4, -0.2) is 29.3 Å². The Hall–Kier alpha value is -0.240. The predicted octanol–water partition coefficient (Wildman–Crippen LogP) is 2.65. The molecule has 0 aromatic heterocycles. The van der Waals surface area contributed by atoms with Crippen molar-refractivity contribution in [2.24, 2.45) is 11.8 Å². The Morgan fingerprint density at radius 2 is 2.07 bits per heavy atom. The number of hydrogen-bond donors (Lipinski definition) is 0. The molecule has 1 heterocycles. The number of alkyl halides is 1. The highest BCUT2D eigenvalue weighted by molar-refractivity contribution is 6.27. The Labute approximate surface area is 97.0 Å². The molecule has 0 radical (unpaired) electrons. The van der Waals surface area contributed by atoms with Gasteiger partial charge in [-0.3, -0.25) is 4.79 Å². The Kier molecular flexibility index (Phi) is 3.55. The third-order valence-electron chi connectivity index (χ3n) is 4.17. The van der Waals surface area contributed by atoms with Gasteiger partial charge in [-0.05, 0) is 31.1 Å². The largest absolute Gasteiger partial charge is 0.338 e. The van der Waals surface area contributed by atoms with E-state index in [2.05, 4.69) is 11.8 Å². The van der Waals surface area contributed by atoms with Crippen LogP contribution in [0.15, 0.2) is 0 Å². The Morgan fingerprint density at radius 3 is 2.80 bits per heavy atom. The predicted molar refractivity (Wildman–Crippen MR) is 62.0 cm³/mol. The molecule has 0 spiro atoms. The molecule has 3 heteroatoms. The molecule has 86 valence electrons. The average molecular weight is 230 g/mol. The van der Waals surface area contributed by atoms with Crippen LogP contribution in [-0.2, 0) is 4.79 Å². The van der Waals surface area contributed by atoms with Crippen molar-refractivity contribution in [3.8, 4) is 0 Å². The van der Waals surface area contributed by atoms with Crippen molar-refractivity contribution in [3.05, 3.63) is 0 Å². The van der Waals surface area contributed by atoms with Crippen LogP contribution < -0.4 is 0 Å². The van der Waals surface area contributed by atoms with Gasteiger partial charge in [-0.2, -0.15) is 0 Å². The molecular weight excluding hydrogens is 210 g/mol. The van der Waals surface area contributed by atoms with Crippen molar-refractivity contribution in [2.75, 3.05) is 12.4 Å². The van der Waals surface area contributed by atoms with Crippen molar-refractivity contribution >= 4 is 17.5 Å². The molecule has 1 saturated heterocycles. The number of carbonyl (C=O) groups is 1. The van der Waals surface area contributed by atoms with Gasteiger partial charge in [0, 0.05) is 12.6 Å². The van der Waals surface area contributed by atoms with Crippen molar-refractivity contribution in [1.29, 1.82) is 0 Å². The normalized spacial score (nSPS) is 36.1. The number of carbonyl (C=O) groups excluding carboxylic acids is 1. The molecule has 3 atom stereocenters. The van der Waals surface area contributed by atoms with Crippen molar-refractivity contribution in [1.82, 2.24) is 4.90 Å². The highest BCUT2D eigenvalue weighted by Crippen LogP contribution is 2.38. The zero-order valence-electron chi connectivity index (χ0n) is 9.42. The van der Waals surface area contributed by atoms with Crippen LogP contribution in [0.4, 0.5) is 0 Å². The minimum absolute atomic E-state index is 0.139. The quantitative estimate of drug-likeness (QED) is 0.633. The molecule has 0 bridgehead atoms. The van der Waals surface area contributed by atoms with Crippen LogP contribution in [0.1, 0.15) is 39.0 Å². The van der Waals surface area contributed by atoms with Gasteiger partial charge in [-0.1, -0.05) is 19.8 Å². The lowest BCUT2D eigenvalue weighted by Crippen LogP contribution is -2.52. The number of rotatable bonds is 1. The summed E-state index contributed by atoms with van der Waals surface area (Å²) >= 11 is 5.66. The van der Waals surface area contributed by atoms with Gasteiger partial charge >= 0.3 is 0 Å². The Bertz CT molecular complexity index is 244. The molecule has 1 aliphatic carbocycles. The first-order chi connectivity index (χ1) is 7.24. The molecular formula is C12H20ClNO. The summed E-state index contributed by atoms with van der Waals surface area (Å²) in [6, 6.07) is 0.494. The van der Waals surface area contributed by atoms with E-state index in [1.807, 2.05) is 0 Å². The first-order valence-electron chi connectivity index (χ1n) is 6.09. The van der Waals surface area contributed by atoms with Gasteiger partial charge in [0.05, 0.1) is 0 Å². The number of fused-ring (bicyclic) bond motifs is 1. The Morgan fingerprint density at radius 1 is 1.33 bits per heavy atom. The minimum Gasteiger partial charge on any atom is -0.338 e. The van der Waals surface area contributed by atoms with Crippen LogP contribution in [0, 0.1) is 11.8 Å². The van der Waals surface area contributed by atoms with Crippen LogP contribution in [0.2, 0.25) is 0 Å². The number of nitrogens with zero attached hydrogens (tertiary/aromatic N) is 1. The lowest BCUT2D eigenvalue weighted by molar-refractivity contribution is -0.136. The van der Waals surface area contributed by atoms with E-state index >= 15 is 0 Å². The SMILES string of the molecule is C[C@@H]1CCN(C(=O)CCl)[C@@H]2CCCC[C@@H]12. The van der Waals surface area contributed by atoms with E-state index in [-0.39, 0.29) is 11.8 Å². The second kappa shape index (κ2) is 4.73. The summed E-state index contributed by atoms with van der Waals surface area (Å²) in [5.74, 6) is 1.81. The molecule has 0 aromatic carbocycles. The van der Waals surface area contributed by atoms with E-state index in [0.717, 1.165) is 24.8 Å². The van der Waals surface area contributed by atoms with Crippen molar-refractivity contribution in [2.45, 2.75) is 45.1 Å². The standard InChI is InChI=1S/C12H20ClNO/c1-9-6-7-14(12(15)8-13)11-5-3-2-4-10(9)11/h9-11H,2-8H2,1H3/t9-,10+,11-/m1/s1. The smallest absolute Gasteiger partial charge is 0.237 e. The third-order valence-corrected chi connectivity index (χ3v) is 4.40. The fraction of sp³-hybridized carbons (Fsp3) is 0.917. The molecule has 0 unspecified atom stereocenters. The molecule has 2 aliphatic rings. The number of halogens is 1. The molecule has 0 N–H and O–H groups in total. The lowest BCUT2D eigenvalue weighted by Gasteiger charge is -2.47. The molecule has 2 nitrogen and oxygen atoms in total. The van der Waals surface area contributed by atoms with E-state index in [1.54, 1.807) is 0 Å². The van der Waals surface area contributed by atoms with Gasteiger partial charge in [0.25, 0.3) is 0 Å². The third kappa shape index (κ3) is 2.15. The van der Waals surface area contributed by atoms with Crippen molar-refractivity contribution < 1.29 is 4.79 Å². The first-order valence-corrected chi connectivity index (χ1v) is 6.63. The molecule has 1 amide bonds. The van der Waals surface area contributed by atoms with E-state index in [0.29, 0.717) is 6.04 Å². The van der Waals surface area contributed by atoms with Gasteiger partial charge in [0.15, 0.2) is 0 Å². The van der Waals surface area contributed by atoms with Crippen LogP contribution >= 0.6 is 11.6 Å². The summed E-state index contributed by atoms with van der Waals surface area (Å²) in [5, 5.41) is 0. The van der Waals surface area contributed by atoms with E-state index in [9.17, 15) is 4.79 Å². The van der Waals surface area contributed by atoms with Crippen molar-refractivity contribution in [3.63, 3.8) is 0 Å². The second-order valence-corrected chi connectivity index (χ2v) is 5.27. The minimum atomic E-state index is 0.139. The zero-order chi connectivity index (χ0) is 10.8. The monoisotopic (exact) mass is 229 g/mol. The molecule has 0 aromatic rings. The molecule has 1 saturated carbocycles. The number of likely N-dealkylation sites (tertiary alicyclic amines) is 1. The molecule has 2 rings (SSSR count). The topological polar surface area (TPSA) is 20.3 Å². The number of amides is 1. The molecule has 15 heavy (non-hydrogen) atoms. The summed E-state index contributed by atoms with van der Waals surface area (Å²) in [7, 11) is 0. The van der Waals surface area contributed by atoms with Gasteiger partial charge in [0.2, 0.25) is 5.91 Å². The molecule has 1 aliphatic heterocycles. The van der Waals surface area contributed by atoms with Gasteiger partial charge in [-0.25, -0.2) is 0 Å². The number of piperidine rings is 1. The summed E-state index contributed by atoms with van der Waals surface area (Å²) in [5.41, 5.74) is 0. The maximum atomic E-state index is 11.7. The second-order valence-electron chi connectivity index (χ2n) is 5.00. The maximum Gasteiger partial charge on any atom is 0.237 e. The van der Waals surface area contributed by atoms with Gasteiger partial charge in [0.1, 0.15) is 5.88 Å². The zero-order valence-corrected chi connectivity index (χ0v) is 10.2. The van der Waals surface area contributed by atoms with Crippen LogP contribution in [0.3, 0.4) is 0 Å². The summed E-state index contributed by atoms with van der Waals surface area (Å²) in [6.07, 6.45) is 6.27. The van der Waals surface area contributed by atoms with Gasteiger partial charge in [-0.15, -0.1) is 11.6 Å². The Balaban J connectivity index is 2.10. The average Bonchev–Trinajstić information content (AvgIpc) is 2.29. The summed E-state index contributed by atoms with van der Waals surface area (Å²) < 4.78 is 0. The van der Waals surface area contributed by atoms with E-state index in [1.165, 1.54) is 25.7 Å². The van der Waals surface area contributed by atoms with E-state index < -0.39 is 0 Å². The van der Waals surface area contributed by atoms with Gasteiger partial charge < -0.3 is 4.90 Å². The summed E-state index contributed by atoms with van der Waals surface area (Å²) in [6.45, 7) is 3.26. The van der Waals surface area contributed by atoms with Crippen LogP contribution in [0.5, 0.6) is 0 Å².